The van der Waals surface area contributed by atoms with Gasteiger partial charge in [-0.05, 0) is 0 Å². The molecule has 2 aliphatic heterocycles. The summed E-state index contributed by atoms with van der Waals surface area (Å²) in [5.74, 6) is 0. The van der Waals surface area contributed by atoms with E-state index in [1.807, 2.05) is 6.21 Å². The van der Waals surface area contributed by atoms with Gasteiger partial charge in [-0.3, -0.25) is 9.89 Å². The Labute approximate surface area is 53.9 Å². The summed E-state index contributed by atoms with van der Waals surface area (Å²) in [5, 5.41) is 0. The van der Waals surface area contributed by atoms with Crippen molar-refractivity contribution in [1.82, 2.24) is 15.8 Å². The molecule has 0 radical (unpaired) electrons. The molecule has 2 rings (SSSR count). The Morgan fingerprint density at radius 3 is 3.56 bits per heavy atom. The molecule has 0 spiro atoms. The normalized spacial score (nSPS) is 34.9. The first-order valence-electron chi connectivity index (χ1n) is 3.17. The Morgan fingerprint density at radius 2 is 2.67 bits per heavy atom. The van der Waals surface area contributed by atoms with Gasteiger partial charge in [0.05, 0.1) is 19.4 Å². The molecule has 4 nitrogen and oxygen atoms in total. The van der Waals surface area contributed by atoms with Gasteiger partial charge in [-0.1, -0.05) is 0 Å². The minimum Gasteiger partial charge on any atom is -0.293 e. The molecule has 2 heterocycles. The van der Waals surface area contributed by atoms with Crippen LogP contribution in [0.15, 0.2) is 4.99 Å². The summed E-state index contributed by atoms with van der Waals surface area (Å²) in [7, 11) is 0. The molecule has 0 saturated carbocycles. The van der Waals surface area contributed by atoms with Gasteiger partial charge in [0.25, 0.3) is 0 Å². The molecule has 0 aromatic rings. The van der Waals surface area contributed by atoms with E-state index in [4.69, 9.17) is 0 Å². The van der Waals surface area contributed by atoms with E-state index in [9.17, 15) is 0 Å². The van der Waals surface area contributed by atoms with E-state index in [1.54, 1.807) is 0 Å². The van der Waals surface area contributed by atoms with E-state index in [1.165, 1.54) is 0 Å². The number of hydrazine groups is 1. The summed E-state index contributed by atoms with van der Waals surface area (Å²) < 4.78 is 0. The Bertz CT molecular complexity index is 119. The van der Waals surface area contributed by atoms with Gasteiger partial charge in [-0.15, -0.1) is 0 Å². The predicted molar refractivity (Wildman–Crippen MR) is 35.0 cm³/mol. The highest BCUT2D eigenvalue weighted by Gasteiger charge is 2.23. The molecule has 1 saturated heterocycles. The SMILES string of the molecule is C1=NCC2NNCN2C1. The van der Waals surface area contributed by atoms with Crippen molar-refractivity contribution in [3.63, 3.8) is 0 Å². The summed E-state index contributed by atoms with van der Waals surface area (Å²) in [6, 6.07) is 0. The zero-order chi connectivity index (χ0) is 6.10. The van der Waals surface area contributed by atoms with E-state index in [-0.39, 0.29) is 0 Å². The first-order chi connectivity index (χ1) is 4.47. The molecule has 2 aliphatic rings. The highest BCUT2D eigenvalue weighted by Crippen LogP contribution is 2.01. The highest BCUT2D eigenvalue weighted by molar-refractivity contribution is 5.60. The third-order valence-corrected chi connectivity index (χ3v) is 1.72. The Balaban J connectivity index is 2.07. The third-order valence-electron chi connectivity index (χ3n) is 1.72. The first kappa shape index (κ1) is 5.34. The van der Waals surface area contributed by atoms with Crippen LogP contribution >= 0.6 is 0 Å². The molecular weight excluding hydrogens is 116 g/mol. The van der Waals surface area contributed by atoms with Crippen molar-refractivity contribution in [3.05, 3.63) is 0 Å². The van der Waals surface area contributed by atoms with Gasteiger partial charge in [-0.2, -0.15) is 0 Å². The highest BCUT2D eigenvalue weighted by atomic mass is 15.6. The monoisotopic (exact) mass is 126 g/mol. The summed E-state index contributed by atoms with van der Waals surface area (Å²) in [6.07, 6.45) is 2.40. The average molecular weight is 126 g/mol. The second-order valence-corrected chi connectivity index (χ2v) is 2.31. The molecule has 1 unspecified atom stereocenters. The zero-order valence-electron chi connectivity index (χ0n) is 5.17. The lowest BCUT2D eigenvalue weighted by atomic mass is 10.4. The second kappa shape index (κ2) is 2.06. The Morgan fingerprint density at radius 1 is 1.67 bits per heavy atom. The van der Waals surface area contributed by atoms with Crippen LogP contribution in [0.2, 0.25) is 0 Å². The average Bonchev–Trinajstić information content (AvgIpc) is 2.33. The van der Waals surface area contributed by atoms with Crippen LogP contribution in [0.1, 0.15) is 0 Å². The number of nitrogens with zero attached hydrogens (tertiary/aromatic N) is 2. The fourth-order valence-electron chi connectivity index (χ4n) is 1.16. The van der Waals surface area contributed by atoms with Gasteiger partial charge in [0.2, 0.25) is 0 Å². The number of fused-ring (bicyclic) bond motifs is 1. The van der Waals surface area contributed by atoms with Gasteiger partial charge in [0.15, 0.2) is 0 Å². The van der Waals surface area contributed by atoms with Gasteiger partial charge >= 0.3 is 0 Å². The maximum absolute atomic E-state index is 4.15. The van der Waals surface area contributed by atoms with Crippen molar-refractivity contribution in [2.75, 3.05) is 19.8 Å². The van der Waals surface area contributed by atoms with Crippen LogP contribution in [-0.4, -0.2) is 37.0 Å². The Hall–Kier alpha value is -0.450. The van der Waals surface area contributed by atoms with Gasteiger partial charge in [0, 0.05) is 12.8 Å². The standard InChI is InChI=1S/C5H10N4/c1-2-9-4-7-8-5(9)3-6-1/h1,5,7-8H,2-4H2. The molecule has 4 heteroatoms. The van der Waals surface area contributed by atoms with Crippen molar-refractivity contribution >= 4 is 6.21 Å². The number of rotatable bonds is 0. The number of hydrogen-bond donors (Lipinski definition) is 2. The third kappa shape index (κ3) is 0.849. The molecule has 0 aromatic carbocycles. The predicted octanol–water partition coefficient (Wildman–Crippen LogP) is -1.24. The van der Waals surface area contributed by atoms with Gasteiger partial charge in [-0.25, -0.2) is 10.9 Å². The second-order valence-electron chi connectivity index (χ2n) is 2.31. The lowest BCUT2D eigenvalue weighted by molar-refractivity contribution is 0.272. The zero-order valence-corrected chi connectivity index (χ0v) is 5.17. The summed E-state index contributed by atoms with van der Waals surface area (Å²) in [5.41, 5.74) is 6.18. The van der Waals surface area contributed by atoms with Crippen molar-refractivity contribution in [2.24, 2.45) is 4.99 Å². The van der Waals surface area contributed by atoms with Crippen LogP contribution in [0.3, 0.4) is 0 Å². The fourth-order valence-corrected chi connectivity index (χ4v) is 1.16. The number of nitrogens with one attached hydrogen (secondary N) is 2. The maximum atomic E-state index is 4.15. The van der Waals surface area contributed by atoms with Crippen LogP contribution < -0.4 is 10.9 Å². The summed E-state index contributed by atoms with van der Waals surface area (Å²) in [6.45, 7) is 2.80. The van der Waals surface area contributed by atoms with E-state index in [0.29, 0.717) is 6.17 Å². The number of hydrogen-bond acceptors (Lipinski definition) is 4. The van der Waals surface area contributed by atoms with Crippen LogP contribution in [0.25, 0.3) is 0 Å². The first-order valence-corrected chi connectivity index (χ1v) is 3.17. The Kier molecular flexibility index (Phi) is 1.22. The van der Waals surface area contributed by atoms with Crippen molar-refractivity contribution in [1.29, 1.82) is 0 Å². The van der Waals surface area contributed by atoms with Crippen LogP contribution in [0.5, 0.6) is 0 Å². The fraction of sp³-hybridized carbons (Fsp3) is 0.800. The minimum atomic E-state index is 0.440. The molecular formula is C5H10N4. The molecule has 50 valence electrons. The van der Waals surface area contributed by atoms with Gasteiger partial charge in [0.1, 0.15) is 0 Å². The van der Waals surface area contributed by atoms with Crippen molar-refractivity contribution < 1.29 is 0 Å². The molecule has 0 aliphatic carbocycles. The molecule has 0 amide bonds. The molecule has 1 atom stereocenters. The summed E-state index contributed by atoms with van der Waals surface area (Å²) >= 11 is 0. The number of aliphatic imine (C=N–C) groups is 1. The van der Waals surface area contributed by atoms with E-state index in [0.717, 1.165) is 19.8 Å². The summed E-state index contributed by atoms with van der Waals surface area (Å²) in [4.78, 5) is 6.45. The minimum absolute atomic E-state index is 0.440. The lowest BCUT2D eigenvalue weighted by Crippen LogP contribution is -2.42. The molecule has 2 N–H and O–H groups in total. The van der Waals surface area contributed by atoms with Crippen LogP contribution in [0, 0.1) is 0 Å². The van der Waals surface area contributed by atoms with Gasteiger partial charge < -0.3 is 0 Å². The van der Waals surface area contributed by atoms with E-state index >= 15 is 0 Å². The molecule has 9 heavy (non-hydrogen) atoms. The quantitative estimate of drug-likeness (QED) is 0.426. The van der Waals surface area contributed by atoms with Crippen LogP contribution in [0.4, 0.5) is 0 Å². The van der Waals surface area contributed by atoms with E-state index < -0.39 is 0 Å². The van der Waals surface area contributed by atoms with Crippen LogP contribution in [-0.2, 0) is 0 Å². The molecule has 0 aromatic heterocycles. The van der Waals surface area contributed by atoms with E-state index in [2.05, 4.69) is 20.7 Å². The van der Waals surface area contributed by atoms with Crippen molar-refractivity contribution in [3.8, 4) is 0 Å². The smallest absolute Gasteiger partial charge is 0.0940 e. The largest absolute Gasteiger partial charge is 0.293 e. The lowest BCUT2D eigenvalue weighted by Gasteiger charge is -2.22. The van der Waals surface area contributed by atoms with Crippen molar-refractivity contribution in [2.45, 2.75) is 6.17 Å². The maximum Gasteiger partial charge on any atom is 0.0940 e. The molecule has 1 fully saturated rings. The molecule has 0 bridgehead atoms. The topological polar surface area (TPSA) is 39.7 Å².